The SMILES string of the molecule is C1=Cc2c(c3c(c4ccccc24)C=C(C2=NC(c4cccc(-c5ccc6ccccc6c5)c4)C=C(c4cccc(-c5cccnc5)c4)N2)CC3)CC1. The molecule has 2 heterocycles. The van der Waals surface area contributed by atoms with Crippen molar-refractivity contribution in [2.75, 3.05) is 0 Å². The molecule has 248 valence electrons. The molecule has 0 bridgehead atoms. The highest BCUT2D eigenvalue weighted by molar-refractivity contribution is 6.10. The number of aromatic nitrogens is 1. The highest BCUT2D eigenvalue weighted by Crippen LogP contribution is 2.40. The molecule has 7 aromatic rings. The van der Waals surface area contributed by atoms with E-state index in [0.717, 1.165) is 53.9 Å². The van der Waals surface area contributed by atoms with Gasteiger partial charge in [0.1, 0.15) is 5.84 Å². The quantitative estimate of drug-likeness (QED) is 0.198. The second kappa shape index (κ2) is 12.8. The summed E-state index contributed by atoms with van der Waals surface area (Å²) in [5, 5.41) is 9.02. The van der Waals surface area contributed by atoms with Gasteiger partial charge in [-0.05, 0) is 139 Å². The molecule has 0 amide bonds. The van der Waals surface area contributed by atoms with Crippen molar-refractivity contribution in [3.05, 3.63) is 191 Å². The molecule has 0 saturated heterocycles. The second-order valence-corrected chi connectivity index (χ2v) is 14.1. The summed E-state index contributed by atoms with van der Waals surface area (Å²) in [4.78, 5) is 9.88. The van der Waals surface area contributed by atoms with Crippen molar-refractivity contribution in [2.24, 2.45) is 4.99 Å². The molecule has 0 radical (unpaired) electrons. The standard InChI is InChI=1S/C49H37N3/c1-2-11-33-26-36(22-21-32(33)10-1)34-12-7-14-37(27-34)47-30-48(38-15-8-13-35(28-38)40-16-9-25-50-31-40)52-49(51-47)39-23-24-45-43-19-4-3-17-41(43)42-18-5-6-20-44(42)46(45)29-39/h1-3,5-18,20-22,25-31,47H,4,19,23-24H2,(H,51,52). The van der Waals surface area contributed by atoms with Crippen molar-refractivity contribution in [3.8, 4) is 22.3 Å². The van der Waals surface area contributed by atoms with Crippen LogP contribution in [0.15, 0.2) is 163 Å². The molecule has 0 fully saturated rings. The van der Waals surface area contributed by atoms with E-state index in [1.807, 2.05) is 18.5 Å². The number of amidine groups is 1. The predicted molar refractivity (Wildman–Crippen MR) is 218 cm³/mol. The second-order valence-electron chi connectivity index (χ2n) is 14.1. The van der Waals surface area contributed by atoms with E-state index in [4.69, 9.17) is 4.99 Å². The maximum absolute atomic E-state index is 5.50. The van der Waals surface area contributed by atoms with E-state index in [1.54, 1.807) is 0 Å². The van der Waals surface area contributed by atoms with E-state index in [9.17, 15) is 0 Å². The highest BCUT2D eigenvalue weighted by atomic mass is 15.0. The van der Waals surface area contributed by atoms with Crippen molar-refractivity contribution < 1.29 is 0 Å². The molecule has 3 aliphatic rings. The van der Waals surface area contributed by atoms with E-state index in [-0.39, 0.29) is 6.04 Å². The molecule has 6 aromatic carbocycles. The molecule has 3 nitrogen and oxygen atoms in total. The summed E-state index contributed by atoms with van der Waals surface area (Å²) in [6.07, 6.45) is 17.3. The van der Waals surface area contributed by atoms with Gasteiger partial charge in [0.25, 0.3) is 0 Å². The minimum absolute atomic E-state index is 0.151. The molecule has 1 N–H and O–H groups in total. The first-order chi connectivity index (χ1) is 25.7. The van der Waals surface area contributed by atoms with Crippen molar-refractivity contribution >= 4 is 45.2 Å². The fourth-order valence-electron chi connectivity index (χ4n) is 8.36. The van der Waals surface area contributed by atoms with Crippen LogP contribution < -0.4 is 5.32 Å². The third kappa shape index (κ3) is 5.46. The van der Waals surface area contributed by atoms with Gasteiger partial charge in [0.05, 0.1) is 6.04 Å². The van der Waals surface area contributed by atoms with Crippen LogP contribution in [0, 0.1) is 0 Å². The lowest BCUT2D eigenvalue weighted by Crippen LogP contribution is -2.29. The van der Waals surface area contributed by atoms with Crippen molar-refractivity contribution in [2.45, 2.75) is 31.7 Å². The number of nitrogens with zero attached hydrogens (tertiary/aromatic N) is 2. The summed E-state index contributed by atoms with van der Waals surface area (Å²) in [5.41, 5.74) is 15.1. The van der Waals surface area contributed by atoms with Crippen LogP contribution >= 0.6 is 0 Å². The Hall–Kier alpha value is -6.32. The van der Waals surface area contributed by atoms with Crippen LogP contribution in [-0.2, 0) is 12.8 Å². The molecule has 10 rings (SSSR count). The lowest BCUT2D eigenvalue weighted by atomic mass is 9.79. The summed E-state index contributed by atoms with van der Waals surface area (Å²) in [5.74, 6) is 0.956. The average Bonchev–Trinajstić information content (AvgIpc) is 3.23. The van der Waals surface area contributed by atoms with Gasteiger partial charge in [-0.3, -0.25) is 9.98 Å². The maximum atomic E-state index is 5.50. The van der Waals surface area contributed by atoms with Gasteiger partial charge in [0.15, 0.2) is 0 Å². The first-order valence-corrected chi connectivity index (χ1v) is 18.4. The largest absolute Gasteiger partial charge is 0.340 e. The smallest absolute Gasteiger partial charge is 0.129 e. The summed E-state index contributed by atoms with van der Waals surface area (Å²) in [6.45, 7) is 0. The third-order valence-corrected chi connectivity index (χ3v) is 11.0. The predicted octanol–water partition coefficient (Wildman–Crippen LogP) is 11.8. The molecular weight excluding hydrogens is 631 g/mol. The van der Waals surface area contributed by atoms with Gasteiger partial charge in [0, 0.05) is 23.7 Å². The first-order valence-electron chi connectivity index (χ1n) is 18.4. The Bertz CT molecular complexity index is 2660. The molecule has 2 aliphatic carbocycles. The number of pyridine rings is 1. The summed E-state index contributed by atoms with van der Waals surface area (Å²) < 4.78 is 0. The van der Waals surface area contributed by atoms with Gasteiger partial charge in [-0.15, -0.1) is 0 Å². The molecule has 1 aliphatic heterocycles. The zero-order chi connectivity index (χ0) is 34.4. The third-order valence-electron chi connectivity index (χ3n) is 11.0. The number of benzene rings is 6. The van der Waals surface area contributed by atoms with Gasteiger partial charge < -0.3 is 5.32 Å². The number of aliphatic imine (C=N–C) groups is 1. The van der Waals surface area contributed by atoms with Gasteiger partial charge in [-0.1, -0.05) is 115 Å². The summed E-state index contributed by atoms with van der Waals surface area (Å²) >= 11 is 0. The van der Waals surface area contributed by atoms with E-state index >= 15 is 0 Å². The van der Waals surface area contributed by atoms with Gasteiger partial charge in [-0.2, -0.15) is 0 Å². The topological polar surface area (TPSA) is 37.3 Å². The highest BCUT2D eigenvalue weighted by Gasteiger charge is 2.26. The van der Waals surface area contributed by atoms with Crippen LogP contribution in [-0.4, -0.2) is 10.8 Å². The van der Waals surface area contributed by atoms with Crippen molar-refractivity contribution in [3.63, 3.8) is 0 Å². The minimum Gasteiger partial charge on any atom is -0.340 e. The van der Waals surface area contributed by atoms with Crippen LogP contribution in [0.3, 0.4) is 0 Å². The Morgan fingerprint density at radius 3 is 2.21 bits per heavy atom. The fourth-order valence-corrected chi connectivity index (χ4v) is 8.36. The van der Waals surface area contributed by atoms with Crippen molar-refractivity contribution in [1.29, 1.82) is 0 Å². The fraction of sp³-hybridized carbons (Fsp3) is 0.102. The van der Waals surface area contributed by atoms with E-state index in [1.165, 1.54) is 66.1 Å². The zero-order valence-corrected chi connectivity index (χ0v) is 28.9. The van der Waals surface area contributed by atoms with E-state index in [0.29, 0.717) is 0 Å². The van der Waals surface area contributed by atoms with E-state index < -0.39 is 0 Å². The molecule has 1 aromatic heterocycles. The zero-order valence-electron chi connectivity index (χ0n) is 28.9. The Morgan fingerprint density at radius 2 is 1.33 bits per heavy atom. The normalized spacial score (nSPS) is 16.4. The monoisotopic (exact) mass is 667 g/mol. The Kier molecular flexibility index (Phi) is 7.49. The lowest BCUT2D eigenvalue weighted by molar-refractivity contribution is 0.859. The summed E-state index contributed by atoms with van der Waals surface area (Å²) in [6, 6.07) is 45.9. The maximum Gasteiger partial charge on any atom is 0.129 e. The Morgan fingerprint density at radius 1 is 0.577 bits per heavy atom. The first kappa shape index (κ1) is 30.5. The van der Waals surface area contributed by atoms with Crippen molar-refractivity contribution in [1.82, 2.24) is 10.3 Å². The van der Waals surface area contributed by atoms with Crippen LogP contribution in [0.4, 0.5) is 0 Å². The van der Waals surface area contributed by atoms with E-state index in [2.05, 4.69) is 156 Å². The van der Waals surface area contributed by atoms with Crippen LogP contribution in [0.1, 0.15) is 52.3 Å². The Labute approximate surface area is 304 Å². The molecule has 0 spiro atoms. The Balaban J connectivity index is 1.10. The molecule has 0 saturated carbocycles. The number of hydrogen-bond acceptors (Lipinski definition) is 3. The van der Waals surface area contributed by atoms with Crippen LogP contribution in [0.25, 0.3) is 61.6 Å². The van der Waals surface area contributed by atoms with Crippen LogP contribution in [0.5, 0.6) is 0 Å². The molecular formula is C49H37N3. The van der Waals surface area contributed by atoms with Gasteiger partial charge >= 0.3 is 0 Å². The molecule has 3 heteroatoms. The molecule has 1 unspecified atom stereocenters. The lowest BCUT2D eigenvalue weighted by Gasteiger charge is -2.29. The minimum atomic E-state index is -0.151. The number of allylic oxidation sites excluding steroid dienone is 1. The van der Waals surface area contributed by atoms with Crippen LogP contribution in [0.2, 0.25) is 0 Å². The number of rotatable bonds is 5. The number of nitrogens with one attached hydrogen (secondary N) is 1. The number of fused-ring (bicyclic) bond motifs is 7. The van der Waals surface area contributed by atoms with Gasteiger partial charge in [0.2, 0.25) is 0 Å². The average molecular weight is 668 g/mol. The summed E-state index contributed by atoms with van der Waals surface area (Å²) in [7, 11) is 0. The van der Waals surface area contributed by atoms with Gasteiger partial charge in [-0.25, -0.2) is 0 Å². The number of hydrogen-bond donors (Lipinski definition) is 1. The molecule has 52 heavy (non-hydrogen) atoms. The molecule has 1 atom stereocenters.